The van der Waals surface area contributed by atoms with Gasteiger partial charge in [-0.3, -0.25) is 0 Å². The predicted octanol–water partition coefficient (Wildman–Crippen LogP) is 2.65. The first-order valence-electron chi connectivity index (χ1n) is 5.76. The minimum absolute atomic E-state index is 0.538. The minimum atomic E-state index is -4.13. The van der Waals surface area contributed by atoms with Crippen molar-refractivity contribution in [2.75, 3.05) is 0 Å². The van der Waals surface area contributed by atoms with Crippen LogP contribution in [0, 0.1) is 0 Å². The summed E-state index contributed by atoms with van der Waals surface area (Å²) in [6, 6.07) is -0.0650. The maximum Gasteiger partial charge on any atom is 0.391 e. The fraction of sp³-hybridized carbons (Fsp3) is 0.727. The van der Waals surface area contributed by atoms with E-state index in [1.54, 1.807) is 17.7 Å². The molecule has 0 aliphatic heterocycles. The SMILES string of the molecule is CC(CC(F)(F)F)n1cncc1CNC1CC1. The summed E-state index contributed by atoms with van der Waals surface area (Å²) in [5.41, 5.74) is 0.814. The van der Waals surface area contributed by atoms with Gasteiger partial charge in [0.15, 0.2) is 0 Å². The Morgan fingerprint density at radius 2 is 2.24 bits per heavy atom. The fourth-order valence-corrected chi connectivity index (χ4v) is 1.84. The standard InChI is InChI=1S/C11H16F3N3/c1-8(4-11(12,13)14)17-7-15-5-10(17)6-16-9-2-3-9/h5,7-9,16H,2-4,6H2,1H3. The quantitative estimate of drug-likeness (QED) is 0.866. The summed E-state index contributed by atoms with van der Waals surface area (Å²) >= 11 is 0. The van der Waals surface area contributed by atoms with Crippen LogP contribution in [0.3, 0.4) is 0 Å². The van der Waals surface area contributed by atoms with E-state index in [1.165, 1.54) is 6.33 Å². The van der Waals surface area contributed by atoms with E-state index in [0.717, 1.165) is 18.5 Å². The summed E-state index contributed by atoms with van der Waals surface area (Å²) in [7, 11) is 0. The van der Waals surface area contributed by atoms with Gasteiger partial charge in [-0.25, -0.2) is 4.98 Å². The lowest BCUT2D eigenvalue weighted by molar-refractivity contribution is -0.141. The first-order chi connectivity index (χ1) is 7.96. The minimum Gasteiger partial charge on any atom is -0.330 e. The average Bonchev–Trinajstić information content (AvgIpc) is 2.90. The lowest BCUT2D eigenvalue weighted by atomic mass is 10.2. The Kier molecular flexibility index (Phi) is 3.42. The van der Waals surface area contributed by atoms with Gasteiger partial charge in [-0.1, -0.05) is 0 Å². The van der Waals surface area contributed by atoms with E-state index in [2.05, 4.69) is 10.3 Å². The monoisotopic (exact) mass is 247 g/mol. The predicted molar refractivity (Wildman–Crippen MR) is 57.5 cm³/mol. The van der Waals surface area contributed by atoms with Crippen LogP contribution in [-0.4, -0.2) is 21.8 Å². The van der Waals surface area contributed by atoms with E-state index in [0.29, 0.717) is 12.6 Å². The highest BCUT2D eigenvalue weighted by atomic mass is 19.4. The lowest BCUT2D eigenvalue weighted by Gasteiger charge is -2.18. The van der Waals surface area contributed by atoms with E-state index in [9.17, 15) is 13.2 Å². The molecule has 3 nitrogen and oxygen atoms in total. The first-order valence-corrected chi connectivity index (χ1v) is 5.76. The molecule has 0 aromatic carbocycles. The molecule has 0 saturated heterocycles. The molecule has 1 saturated carbocycles. The van der Waals surface area contributed by atoms with Gasteiger partial charge in [0.25, 0.3) is 0 Å². The van der Waals surface area contributed by atoms with Crippen molar-refractivity contribution >= 4 is 0 Å². The molecule has 1 aliphatic rings. The van der Waals surface area contributed by atoms with Crippen LogP contribution < -0.4 is 5.32 Å². The molecule has 1 aromatic heterocycles. The Balaban J connectivity index is 1.96. The van der Waals surface area contributed by atoms with E-state index in [1.807, 2.05) is 0 Å². The van der Waals surface area contributed by atoms with Gasteiger partial charge in [0.1, 0.15) is 0 Å². The van der Waals surface area contributed by atoms with E-state index >= 15 is 0 Å². The third-order valence-corrected chi connectivity index (χ3v) is 2.90. The Morgan fingerprint density at radius 1 is 1.53 bits per heavy atom. The molecule has 1 fully saturated rings. The molecule has 2 rings (SSSR count). The van der Waals surface area contributed by atoms with Gasteiger partial charge in [0.05, 0.1) is 18.4 Å². The Bertz CT molecular complexity index is 368. The van der Waals surface area contributed by atoms with Gasteiger partial charge in [-0.2, -0.15) is 13.2 Å². The maximum absolute atomic E-state index is 12.3. The summed E-state index contributed by atoms with van der Waals surface area (Å²) in [5.74, 6) is 0. The molecule has 1 aliphatic carbocycles. The van der Waals surface area contributed by atoms with Gasteiger partial charge in [-0.15, -0.1) is 0 Å². The second-order valence-electron chi connectivity index (χ2n) is 4.62. The number of hydrogen-bond donors (Lipinski definition) is 1. The molecule has 1 atom stereocenters. The van der Waals surface area contributed by atoms with Crippen LogP contribution in [0.1, 0.15) is 37.9 Å². The van der Waals surface area contributed by atoms with Crippen LogP contribution in [-0.2, 0) is 6.54 Å². The number of alkyl halides is 3. The number of hydrogen-bond acceptors (Lipinski definition) is 2. The van der Waals surface area contributed by atoms with Crippen molar-refractivity contribution in [3.63, 3.8) is 0 Å². The zero-order chi connectivity index (χ0) is 12.5. The highest BCUT2D eigenvalue weighted by molar-refractivity contribution is 5.01. The van der Waals surface area contributed by atoms with Crippen LogP contribution in [0.15, 0.2) is 12.5 Å². The molecule has 1 aromatic rings. The van der Waals surface area contributed by atoms with Crippen molar-refractivity contribution in [2.24, 2.45) is 0 Å². The van der Waals surface area contributed by atoms with Gasteiger partial charge < -0.3 is 9.88 Å². The van der Waals surface area contributed by atoms with Crippen molar-refractivity contribution in [2.45, 2.75) is 51.0 Å². The third kappa shape index (κ3) is 3.73. The normalized spacial score (nSPS) is 18.4. The molecule has 1 heterocycles. The molecule has 1 N–H and O–H groups in total. The molecular weight excluding hydrogens is 231 g/mol. The van der Waals surface area contributed by atoms with Crippen LogP contribution in [0.5, 0.6) is 0 Å². The topological polar surface area (TPSA) is 29.9 Å². The molecule has 6 heteroatoms. The van der Waals surface area contributed by atoms with Gasteiger partial charge >= 0.3 is 6.18 Å². The zero-order valence-electron chi connectivity index (χ0n) is 9.67. The summed E-state index contributed by atoms with van der Waals surface area (Å²) in [6.07, 6.45) is 0.464. The fourth-order valence-electron chi connectivity index (χ4n) is 1.84. The Labute approximate surface area is 98.0 Å². The molecular formula is C11H16F3N3. The van der Waals surface area contributed by atoms with Crippen LogP contribution in [0.2, 0.25) is 0 Å². The molecule has 0 bridgehead atoms. The third-order valence-electron chi connectivity index (χ3n) is 2.90. The summed E-state index contributed by atoms with van der Waals surface area (Å²) in [6.45, 7) is 2.16. The van der Waals surface area contributed by atoms with Crippen molar-refractivity contribution in [1.29, 1.82) is 0 Å². The lowest BCUT2D eigenvalue weighted by Crippen LogP contribution is -2.21. The van der Waals surface area contributed by atoms with Gasteiger partial charge in [0.2, 0.25) is 0 Å². The zero-order valence-corrected chi connectivity index (χ0v) is 9.67. The maximum atomic E-state index is 12.3. The van der Waals surface area contributed by atoms with Crippen molar-refractivity contribution < 1.29 is 13.2 Å². The molecule has 17 heavy (non-hydrogen) atoms. The molecule has 0 spiro atoms. The number of aromatic nitrogens is 2. The summed E-state index contributed by atoms with van der Waals surface area (Å²) in [4.78, 5) is 3.93. The van der Waals surface area contributed by atoms with E-state index in [-0.39, 0.29) is 0 Å². The van der Waals surface area contributed by atoms with Crippen molar-refractivity contribution in [1.82, 2.24) is 14.9 Å². The number of nitrogens with one attached hydrogen (secondary N) is 1. The van der Waals surface area contributed by atoms with Crippen LogP contribution in [0.4, 0.5) is 13.2 Å². The highest BCUT2D eigenvalue weighted by Crippen LogP contribution is 2.28. The largest absolute Gasteiger partial charge is 0.391 e. The van der Waals surface area contributed by atoms with Crippen molar-refractivity contribution in [3.05, 3.63) is 18.2 Å². The Hall–Kier alpha value is -1.04. The molecule has 96 valence electrons. The van der Waals surface area contributed by atoms with Gasteiger partial charge in [-0.05, 0) is 19.8 Å². The number of imidazole rings is 1. The first kappa shape index (κ1) is 12.4. The van der Waals surface area contributed by atoms with Crippen LogP contribution in [0.25, 0.3) is 0 Å². The van der Waals surface area contributed by atoms with E-state index in [4.69, 9.17) is 0 Å². The molecule has 0 amide bonds. The van der Waals surface area contributed by atoms with E-state index < -0.39 is 18.6 Å². The second-order valence-corrected chi connectivity index (χ2v) is 4.62. The average molecular weight is 247 g/mol. The van der Waals surface area contributed by atoms with Gasteiger partial charge in [0, 0.05) is 24.8 Å². The molecule has 1 unspecified atom stereocenters. The number of rotatable bonds is 5. The smallest absolute Gasteiger partial charge is 0.330 e. The summed E-state index contributed by atoms with van der Waals surface area (Å²) in [5, 5.41) is 3.28. The highest BCUT2D eigenvalue weighted by Gasteiger charge is 2.31. The number of nitrogens with zero attached hydrogens (tertiary/aromatic N) is 2. The Morgan fingerprint density at radius 3 is 2.82 bits per heavy atom. The number of halogens is 3. The molecule has 0 radical (unpaired) electrons. The second kappa shape index (κ2) is 4.68. The van der Waals surface area contributed by atoms with Crippen molar-refractivity contribution in [3.8, 4) is 0 Å². The van der Waals surface area contributed by atoms with Crippen LogP contribution >= 0.6 is 0 Å². The summed E-state index contributed by atoms with van der Waals surface area (Å²) < 4.78 is 38.5.